The van der Waals surface area contributed by atoms with Crippen molar-refractivity contribution in [2.75, 3.05) is 13.2 Å². The fourth-order valence-corrected chi connectivity index (χ4v) is 1.71. The van der Waals surface area contributed by atoms with Gasteiger partial charge in [0.05, 0.1) is 5.56 Å². The standard InChI is InChI=1S/C15H12ClFO3/c16-11-6-7-14(17)13(10-11)15(18)20-9-8-19-12-4-2-1-3-5-12/h1-7,10H,8-9H2. The summed E-state index contributed by atoms with van der Waals surface area (Å²) in [5, 5.41) is 0.277. The molecule has 5 heteroatoms. The van der Waals surface area contributed by atoms with Gasteiger partial charge in [0, 0.05) is 5.02 Å². The first-order valence-electron chi connectivity index (χ1n) is 5.97. The SMILES string of the molecule is O=C(OCCOc1ccccc1)c1cc(Cl)ccc1F. The van der Waals surface area contributed by atoms with Gasteiger partial charge in [0.25, 0.3) is 0 Å². The minimum atomic E-state index is -0.762. The van der Waals surface area contributed by atoms with E-state index in [4.69, 9.17) is 21.1 Å². The molecule has 0 atom stereocenters. The number of para-hydroxylation sites is 1. The maximum atomic E-state index is 13.4. The Morgan fingerprint density at radius 2 is 1.85 bits per heavy atom. The largest absolute Gasteiger partial charge is 0.490 e. The van der Waals surface area contributed by atoms with E-state index in [0.717, 1.165) is 6.07 Å². The summed E-state index contributed by atoms with van der Waals surface area (Å²) in [5.74, 6) is -0.748. The molecule has 3 nitrogen and oxygen atoms in total. The summed E-state index contributed by atoms with van der Waals surface area (Å²) >= 11 is 5.70. The van der Waals surface area contributed by atoms with Crippen LogP contribution in [0.5, 0.6) is 5.75 Å². The molecule has 0 bridgehead atoms. The summed E-state index contributed by atoms with van der Waals surface area (Å²) in [6.45, 7) is 0.220. The van der Waals surface area contributed by atoms with E-state index in [0.29, 0.717) is 5.75 Å². The van der Waals surface area contributed by atoms with Crippen molar-refractivity contribution in [1.29, 1.82) is 0 Å². The summed E-state index contributed by atoms with van der Waals surface area (Å²) in [4.78, 5) is 11.7. The van der Waals surface area contributed by atoms with Gasteiger partial charge < -0.3 is 9.47 Å². The molecule has 0 unspecified atom stereocenters. The Morgan fingerprint density at radius 3 is 2.60 bits per heavy atom. The topological polar surface area (TPSA) is 35.5 Å². The number of carbonyl (C=O) groups is 1. The highest BCUT2D eigenvalue weighted by atomic mass is 35.5. The van der Waals surface area contributed by atoms with Crippen molar-refractivity contribution < 1.29 is 18.7 Å². The first-order valence-corrected chi connectivity index (χ1v) is 6.34. The third-order valence-corrected chi connectivity index (χ3v) is 2.71. The van der Waals surface area contributed by atoms with E-state index in [1.165, 1.54) is 12.1 Å². The Bertz CT molecular complexity index is 587. The van der Waals surface area contributed by atoms with Crippen molar-refractivity contribution in [3.63, 3.8) is 0 Å². The fraction of sp³-hybridized carbons (Fsp3) is 0.133. The normalized spacial score (nSPS) is 10.1. The van der Waals surface area contributed by atoms with E-state index in [1.54, 1.807) is 12.1 Å². The number of rotatable bonds is 5. The zero-order chi connectivity index (χ0) is 14.4. The van der Waals surface area contributed by atoms with Crippen molar-refractivity contribution in [3.8, 4) is 5.75 Å². The third kappa shape index (κ3) is 3.96. The maximum absolute atomic E-state index is 13.4. The van der Waals surface area contributed by atoms with Crippen LogP contribution in [0.4, 0.5) is 4.39 Å². The summed E-state index contributed by atoms with van der Waals surface area (Å²) in [5.41, 5.74) is -0.183. The molecule has 0 aromatic heterocycles. The lowest BCUT2D eigenvalue weighted by molar-refractivity contribution is 0.0445. The predicted octanol–water partition coefficient (Wildman–Crippen LogP) is 3.71. The van der Waals surface area contributed by atoms with Gasteiger partial charge in [-0.05, 0) is 30.3 Å². The van der Waals surface area contributed by atoms with Gasteiger partial charge in [-0.25, -0.2) is 9.18 Å². The fourth-order valence-electron chi connectivity index (χ4n) is 1.54. The molecule has 2 aromatic rings. The van der Waals surface area contributed by atoms with Crippen LogP contribution >= 0.6 is 11.6 Å². The van der Waals surface area contributed by atoms with E-state index < -0.39 is 11.8 Å². The summed E-state index contributed by atoms with van der Waals surface area (Å²) in [6, 6.07) is 12.8. The van der Waals surface area contributed by atoms with E-state index in [9.17, 15) is 9.18 Å². The van der Waals surface area contributed by atoms with Crippen LogP contribution in [0, 0.1) is 5.82 Å². The minimum absolute atomic E-state index is 0.0275. The first-order chi connectivity index (χ1) is 9.66. The molecule has 0 aliphatic heterocycles. The molecule has 0 amide bonds. The van der Waals surface area contributed by atoms with Crippen molar-refractivity contribution in [3.05, 3.63) is 64.9 Å². The van der Waals surface area contributed by atoms with Gasteiger partial charge in [-0.3, -0.25) is 0 Å². The van der Waals surface area contributed by atoms with Gasteiger partial charge in [-0.1, -0.05) is 29.8 Å². The zero-order valence-corrected chi connectivity index (χ0v) is 11.3. The van der Waals surface area contributed by atoms with Crippen LogP contribution in [0.2, 0.25) is 5.02 Å². The van der Waals surface area contributed by atoms with Gasteiger partial charge >= 0.3 is 5.97 Å². The number of benzene rings is 2. The second-order valence-corrected chi connectivity index (χ2v) is 4.36. The average molecular weight is 295 g/mol. The highest BCUT2D eigenvalue weighted by Crippen LogP contribution is 2.15. The van der Waals surface area contributed by atoms with Crippen LogP contribution in [-0.4, -0.2) is 19.2 Å². The zero-order valence-electron chi connectivity index (χ0n) is 10.5. The third-order valence-electron chi connectivity index (χ3n) is 2.48. The molecule has 0 aliphatic rings. The van der Waals surface area contributed by atoms with Gasteiger partial charge in [0.2, 0.25) is 0 Å². The van der Waals surface area contributed by atoms with Crippen molar-refractivity contribution in [1.82, 2.24) is 0 Å². The molecule has 2 rings (SSSR count). The Labute approximate surface area is 120 Å². The number of hydrogen-bond acceptors (Lipinski definition) is 3. The van der Waals surface area contributed by atoms with Crippen LogP contribution < -0.4 is 4.74 Å². The molecule has 0 heterocycles. The van der Waals surface area contributed by atoms with Crippen molar-refractivity contribution in [2.45, 2.75) is 0 Å². The van der Waals surface area contributed by atoms with E-state index in [1.807, 2.05) is 18.2 Å². The molecule has 0 N–H and O–H groups in total. The molecule has 0 radical (unpaired) electrons. The molecule has 0 fully saturated rings. The molecule has 0 spiro atoms. The van der Waals surface area contributed by atoms with Gasteiger partial charge in [-0.2, -0.15) is 0 Å². The Kier molecular flexibility index (Phi) is 4.96. The van der Waals surface area contributed by atoms with E-state index >= 15 is 0 Å². The van der Waals surface area contributed by atoms with Gasteiger partial charge in [-0.15, -0.1) is 0 Å². The van der Waals surface area contributed by atoms with Gasteiger partial charge in [0.15, 0.2) is 0 Å². The number of esters is 1. The maximum Gasteiger partial charge on any atom is 0.341 e. The number of carbonyl (C=O) groups excluding carboxylic acids is 1. The average Bonchev–Trinajstić information content (AvgIpc) is 2.47. The number of halogens is 2. The van der Waals surface area contributed by atoms with Crippen LogP contribution in [0.1, 0.15) is 10.4 Å². The quantitative estimate of drug-likeness (QED) is 0.623. The van der Waals surface area contributed by atoms with Crippen LogP contribution in [0.3, 0.4) is 0 Å². The van der Waals surface area contributed by atoms with Crippen molar-refractivity contribution in [2.24, 2.45) is 0 Å². The first kappa shape index (κ1) is 14.3. The minimum Gasteiger partial charge on any atom is -0.490 e. The van der Waals surface area contributed by atoms with Crippen LogP contribution in [-0.2, 0) is 4.74 Å². The summed E-state index contributed by atoms with van der Waals surface area (Å²) in [7, 11) is 0. The summed E-state index contributed by atoms with van der Waals surface area (Å²) in [6.07, 6.45) is 0. The Balaban J connectivity index is 1.82. The molecule has 0 saturated heterocycles. The molecular weight excluding hydrogens is 283 g/mol. The molecule has 104 valence electrons. The number of ether oxygens (including phenoxy) is 2. The Morgan fingerprint density at radius 1 is 1.10 bits per heavy atom. The second kappa shape index (κ2) is 6.91. The Hall–Kier alpha value is -2.07. The second-order valence-electron chi connectivity index (χ2n) is 3.92. The lowest BCUT2D eigenvalue weighted by Crippen LogP contribution is -2.13. The molecule has 2 aromatic carbocycles. The van der Waals surface area contributed by atoms with Crippen LogP contribution in [0.25, 0.3) is 0 Å². The van der Waals surface area contributed by atoms with Crippen molar-refractivity contribution >= 4 is 17.6 Å². The lowest BCUT2D eigenvalue weighted by atomic mass is 10.2. The van der Waals surface area contributed by atoms with E-state index in [2.05, 4.69) is 0 Å². The van der Waals surface area contributed by atoms with Crippen LogP contribution in [0.15, 0.2) is 48.5 Å². The lowest BCUT2D eigenvalue weighted by Gasteiger charge is -2.08. The number of hydrogen-bond donors (Lipinski definition) is 0. The predicted molar refractivity (Wildman–Crippen MR) is 73.6 cm³/mol. The van der Waals surface area contributed by atoms with E-state index in [-0.39, 0.29) is 23.8 Å². The smallest absolute Gasteiger partial charge is 0.341 e. The highest BCUT2D eigenvalue weighted by molar-refractivity contribution is 6.30. The highest BCUT2D eigenvalue weighted by Gasteiger charge is 2.13. The molecule has 0 saturated carbocycles. The summed E-state index contributed by atoms with van der Waals surface area (Å²) < 4.78 is 23.7. The monoisotopic (exact) mass is 294 g/mol. The van der Waals surface area contributed by atoms with Gasteiger partial charge in [0.1, 0.15) is 24.8 Å². The molecular formula is C15H12ClFO3. The molecule has 20 heavy (non-hydrogen) atoms. The molecule has 0 aliphatic carbocycles.